The summed E-state index contributed by atoms with van der Waals surface area (Å²) in [6.07, 6.45) is 2.32. The Bertz CT molecular complexity index is 616. The highest BCUT2D eigenvalue weighted by molar-refractivity contribution is 6.05. The smallest absolute Gasteiger partial charge is 0.326 e. The van der Waals surface area contributed by atoms with Crippen LogP contribution in [0.25, 0.3) is 0 Å². The van der Waals surface area contributed by atoms with Crippen molar-refractivity contribution in [2.45, 2.75) is 33.1 Å². The fourth-order valence-electron chi connectivity index (χ4n) is 2.12. The van der Waals surface area contributed by atoms with Gasteiger partial charge in [-0.1, -0.05) is 20.8 Å². The Morgan fingerprint density at radius 1 is 1.17 bits per heavy atom. The Kier molecular flexibility index (Phi) is 6.18. The van der Waals surface area contributed by atoms with Gasteiger partial charge in [-0.15, -0.1) is 0 Å². The molecule has 3 amide bonds. The van der Waals surface area contributed by atoms with Gasteiger partial charge in [-0.25, -0.2) is 4.79 Å². The molecule has 0 aromatic heterocycles. The Morgan fingerprint density at radius 2 is 1.83 bits per heavy atom. The molecule has 0 aliphatic carbocycles. The number of aryl methyl sites for hydroxylation is 1. The predicted octanol–water partition coefficient (Wildman–Crippen LogP) is 3.11. The van der Waals surface area contributed by atoms with Gasteiger partial charge in [0.05, 0.1) is 20.5 Å². The second-order valence-corrected chi connectivity index (χ2v) is 6.11. The van der Waals surface area contributed by atoms with Crippen LogP contribution < -0.4 is 15.4 Å². The van der Waals surface area contributed by atoms with E-state index in [1.807, 2.05) is 13.0 Å². The number of nitrogens with one attached hydrogen (secondary N) is 2. The highest BCUT2D eigenvalue weighted by atomic mass is 16.5. The first-order chi connectivity index (χ1) is 10.7. The molecule has 0 aliphatic rings. The maximum absolute atomic E-state index is 11.9. The Morgan fingerprint density at radius 3 is 2.35 bits per heavy atom. The fourth-order valence-corrected chi connectivity index (χ4v) is 2.12. The molecule has 0 heterocycles. The summed E-state index contributed by atoms with van der Waals surface area (Å²) in [5.74, 6) is 0.230. The van der Waals surface area contributed by atoms with Crippen molar-refractivity contribution < 1.29 is 19.1 Å². The second kappa shape index (κ2) is 7.67. The van der Waals surface area contributed by atoms with Crippen LogP contribution in [0.4, 0.5) is 10.5 Å². The largest absolute Gasteiger partial charge is 0.504 e. The lowest BCUT2D eigenvalue weighted by molar-refractivity contribution is -0.115. The molecule has 0 radical (unpaired) electrons. The number of hydrogen-bond donors (Lipinski definition) is 2. The van der Waals surface area contributed by atoms with Gasteiger partial charge in [-0.05, 0) is 30.0 Å². The summed E-state index contributed by atoms with van der Waals surface area (Å²) < 4.78 is 10.1. The fraction of sp³-hybridized carbons (Fsp3) is 0.412. The van der Waals surface area contributed by atoms with E-state index in [2.05, 4.69) is 36.1 Å². The minimum Gasteiger partial charge on any atom is -0.504 e. The molecule has 0 fully saturated rings. The monoisotopic (exact) mass is 320 g/mol. The predicted molar refractivity (Wildman–Crippen MR) is 89.7 cm³/mol. The van der Waals surface area contributed by atoms with E-state index in [4.69, 9.17) is 4.74 Å². The molecule has 0 aliphatic heterocycles. The van der Waals surface area contributed by atoms with Crippen LogP contribution in [0.1, 0.15) is 31.9 Å². The number of hydrogen-bond acceptors (Lipinski definition) is 4. The molecule has 1 aromatic rings. The van der Waals surface area contributed by atoms with Gasteiger partial charge in [0.25, 0.3) is 5.91 Å². The zero-order valence-electron chi connectivity index (χ0n) is 14.4. The average molecular weight is 320 g/mol. The van der Waals surface area contributed by atoms with Crippen molar-refractivity contribution in [3.05, 3.63) is 35.6 Å². The number of benzene rings is 1. The van der Waals surface area contributed by atoms with Gasteiger partial charge in [-0.2, -0.15) is 0 Å². The molecular formula is C17H24N2O4. The van der Waals surface area contributed by atoms with Crippen LogP contribution in [-0.4, -0.2) is 26.2 Å². The first kappa shape index (κ1) is 18.5. The maximum Gasteiger partial charge on any atom is 0.326 e. The summed E-state index contributed by atoms with van der Waals surface area (Å²) in [7, 11) is 3.04. The van der Waals surface area contributed by atoms with Crippen LogP contribution in [0.3, 0.4) is 0 Å². The van der Waals surface area contributed by atoms with Crippen molar-refractivity contribution in [1.82, 2.24) is 5.32 Å². The molecule has 2 N–H and O–H groups in total. The molecule has 0 atom stereocenters. The third-order valence-electron chi connectivity index (χ3n) is 3.14. The lowest BCUT2D eigenvalue weighted by Gasteiger charge is -2.24. The Hall–Kier alpha value is -2.50. The lowest BCUT2D eigenvalue weighted by Crippen LogP contribution is -2.33. The number of anilines is 1. The van der Waals surface area contributed by atoms with E-state index in [1.54, 1.807) is 13.2 Å². The van der Waals surface area contributed by atoms with Gasteiger partial charge >= 0.3 is 6.03 Å². The zero-order chi connectivity index (χ0) is 17.6. The number of ether oxygens (including phenoxy) is 2. The Balaban J connectivity index is 2.97. The minimum absolute atomic E-state index is 0.151. The summed E-state index contributed by atoms with van der Waals surface area (Å²) in [5.41, 5.74) is 2.32. The number of urea groups is 1. The van der Waals surface area contributed by atoms with E-state index >= 15 is 0 Å². The number of imide groups is 1. The van der Waals surface area contributed by atoms with E-state index < -0.39 is 11.9 Å². The second-order valence-electron chi connectivity index (χ2n) is 6.11. The highest BCUT2D eigenvalue weighted by Crippen LogP contribution is 2.36. The number of amides is 3. The molecule has 6 nitrogen and oxygen atoms in total. The first-order valence-corrected chi connectivity index (χ1v) is 7.19. The van der Waals surface area contributed by atoms with E-state index in [1.165, 1.54) is 13.4 Å². The molecule has 1 rings (SSSR count). The van der Waals surface area contributed by atoms with E-state index in [9.17, 15) is 9.59 Å². The van der Waals surface area contributed by atoms with Crippen LogP contribution >= 0.6 is 0 Å². The zero-order valence-corrected chi connectivity index (χ0v) is 14.4. The van der Waals surface area contributed by atoms with E-state index in [-0.39, 0.29) is 5.41 Å². The summed E-state index contributed by atoms with van der Waals surface area (Å²) in [6, 6.07) is 3.03. The van der Waals surface area contributed by atoms with Crippen molar-refractivity contribution in [2.24, 2.45) is 0 Å². The molecule has 126 valence electrons. The van der Waals surface area contributed by atoms with Crippen LogP contribution in [-0.2, 0) is 14.9 Å². The van der Waals surface area contributed by atoms with Crippen molar-refractivity contribution in [2.75, 3.05) is 19.5 Å². The SMILES string of the molecule is CO/C=C/C(=O)NC(=O)Nc1cc(C)c(OC)c(C(C)(C)C)c1. The van der Waals surface area contributed by atoms with E-state index in [0.717, 1.165) is 23.0 Å². The van der Waals surface area contributed by atoms with Gasteiger partial charge in [0, 0.05) is 17.3 Å². The summed E-state index contributed by atoms with van der Waals surface area (Å²) in [4.78, 5) is 23.3. The number of carbonyl (C=O) groups excluding carboxylic acids is 2. The molecular weight excluding hydrogens is 296 g/mol. The van der Waals surface area contributed by atoms with Gasteiger partial charge in [0.15, 0.2) is 0 Å². The third kappa shape index (κ3) is 5.32. The molecule has 0 saturated carbocycles. The van der Waals surface area contributed by atoms with Gasteiger partial charge in [-0.3, -0.25) is 10.1 Å². The van der Waals surface area contributed by atoms with Crippen LogP contribution in [0.15, 0.2) is 24.5 Å². The van der Waals surface area contributed by atoms with Crippen LogP contribution in [0.2, 0.25) is 0 Å². The molecule has 0 unspecified atom stereocenters. The van der Waals surface area contributed by atoms with Crippen LogP contribution in [0, 0.1) is 6.92 Å². The normalized spacial score (nSPS) is 11.2. The van der Waals surface area contributed by atoms with Crippen molar-refractivity contribution in [3.63, 3.8) is 0 Å². The van der Waals surface area contributed by atoms with Crippen LogP contribution in [0.5, 0.6) is 5.75 Å². The lowest BCUT2D eigenvalue weighted by atomic mass is 9.85. The first-order valence-electron chi connectivity index (χ1n) is 7.19. The maximum atomic E-state index is 11.9. The molecule has 0 spiro atoms. The number of methoxy groups -OCH3 is 2. The van der Waals surface area contributed by atoms with Crippen molar-refractivity contribution in [1.29, 1.82) is 0 Å². The average Bonchev–Trinajstić information content (AvgIpc) is 2.43. The molecule has 1 aromatic carbocycles. The molecule has 6 heteroatoms. The molecule has 0 bridgehead atoms. The van der Waals surface area contributed by atoms with E-state index in [0.29, 0.717) is 5.69 Å². The summed E-state index contributed by atoms with van der Waals surface area (Å²) >= 11 is 0. The number of carbonyl (C=O) groups is 2. The van der Waals surface area contributed by atoms with Gasteiger partial charge < -0.3 is 14.8 Å². The summed E-state index contributed by atoms with van der Waals surface area (Å²) in [5, 5.41) is 4.84. The Labute approximate surface area is 136 Å². The van der Waals surface area contributed by atoms with Crippen molar-refractivity contribution >= 4 is 17.6 Å². The quantitative estimate of drug-likeness (QED) is 0.660. The van der Waals surface area contributed by atoms with Crippen molar-refractivity contribution in [3.8, 4) is 5.75 Å². The molecule has 0 saturated heterocycles. The standard InChI is InChI=1S/C17H24N2O4/c1-11-9-12(10-13(15(11)23-6)17(2,3)4)18-16(21)19-14(20)7-8-22-5/h7-10H,1-6H3,(H2,18,19,20,21)/b8-7+. The molecule has 23 heavy (non-hydrogen) atoms. The topological polar surface area (TPSA) is 76.7 Å². The van der Waals surface area contributed by atoms with Gasteiger partial charge in [0.1, 0.15) is 5.75 Å². The highest BCUT2D eigenvalue weighted by Gasteiger charge is 2.21. The summed E-state index contributed by atoms with van der Waals surface area (Å²) in [6.45, 7) is 8.09. The van der Waals surface area contributed by atoms with Gasteiger partial charge in [0.2, 0.25) is 0 Å². The number of rotatable bonds is 4. The minimum atomic E-state index is -0.611. The third-order valence-corrected chi connectivity index (χ3v) is 3.14.